The number of rotatable bonds is 5. The fourth-order valence-corrected chi connectivity index (χ4v) is 2.16. The molecule has 6 heteroatoms. The number of amides is 1. The highest BCUT2D eigenvalue weighted by Gasteiger charge is 2.24. The second-order valence-electron chi connectivity index (χ2n) is 5.12. The number of halogens is 1. The van der Waals surface area contributed by atoms with E-state index in [4.69, 9.17) is 0 Å². The molecule has 0 unspecified atom stereocenters. The Bertz CT molecular complexity index is 619. The largest absolute Gasteiger partial charge is 0.355 e. The Labute approximate surface area is 122 Å². The fourth-order valence-electron chi connectivity index (χ4n) is 2.16. The van der Waals surface area contributed by atoms with Crippen LogP contribution in [0.2, 0.25) is 0 Å². The Morgan fingerprint density at radius 2 is 2.10 bits per heavy atom. The predicted molar refractivity (Wildman–Crippen MR) is 76.6 cm³/mol. The summed E-state index contributed by atoms with van der Waals surface area (Å²) in [6, 6.07) is 8.07. The maximum Gasteiger partial charge on any atom is 0.225 e. The van der Waals surface area contributed by atoms with Gasteiger partial charge in [-0.2, -0.15) is 5.10 Å². The molecule has 1 aromatic heterocycles. The number of hydrogen-bond acceptors (Lipinski definition) is 3. The molecule has 2 N–H and O–H groups in total. The number of aromatic nitrogens is 2. The Kier molecular flexibility index (Phi) is 3.96. The van der Waals surface area contributed by atoms with Gasteiger partial charge in [-0.25, -0.2) is 9.07 Å². The first-order valence-corrected chi connectivity index (χ1v) is 7.01. The van der Waals surface area contributed by atoms with Gasteiger partial charge >= 0.3 is 0 Å². The van der Waals surface area contributed by atoms with Crippen molar-refractivity contribution in [2.24, 2.45) is 5.92 Å². The average Bonchev–Trinajstić information content (AvgIpc) is 2.86. The number of nitrogens with zero attached hydrogens (tertiary/aromatic N) is 2. The highest BCUT2D eigenvalue weighted by molar-refractivity contribution is 5.79. The standard InChI is InChI=1S/C15H17FN4O/c16-12-1-3-14(4-2-12)20-8-6-13(19-20)5-7-18-15(21)11-9-17-10-11/h1-4,6,8,11,17H,5,7,9-10H2,(H,18,21). The van der Waals surface area contributed by atoms with Crippen LogP contribution in [-0.2, 0) is 11.2 Å². The Balaban J connectivity index is 1.52. The third-order valence-corrected chi connectivity index (χ3v) is 3.57. The lowest BCUT2D eigenvalue weighted by atomic mass is 10.0. The summed E-state index contributed by atoms with van der Waals surface area (Å²) in [5.74, 6) is -0.0483. The van der Waals surface area contributed by atoms with E-state index in [1.54, 1.807) is 16.8 Å². The van der Waals surface area contributed by atoms with Crippen LogP contribution in [0.1, 0.15) is 5.69 Å². The van der Waals surface area contributed by atoms with E-state index in [2.05, 4.69) is 15.7 Å². The molecule has 3 rings (SSSR count). The molecule has 0 bridgehead atoms. The maximum atomic E-state index is 12.9. The van der Waals surface area contributed by atoms with Crippen LogP contribution in [0.25, 0.3) is 5.69 Å². The van der Waals surface area contributed by atoms with Gasteiger partial charge in [-0.05, 0) is 30.3 Å². The van der Waals surface area contributed by atoms with Crippen molar-refractivity contribution >= 4 is 5.91 Å². The molecule has 1 amide bonds. The van der Waals surface area contributed by atoms with E-state index in [0.29, 0.717) is 13.0 Å². The minimum absolute atomic E-state index is 0.103. The molecule has 0 atom stereocenters. The summed E-state index contributed by atoms with van der Waals surface area (Å²) < 4.78 is 14.6. The lowest BCUT2D eigenvalue weighted by Gasteiger charge is -2.25. The Morgan fingerprint density at radius 3 is 2.76 bits per heavy atom. The van der Waals surface area contributed by atoms with E-state index in [1.807, 2.05) is 12.3 Å². The summed E-state index contributed by atoms with van der Waals surface area (Å²) in [4.78, 5) is 11.7. The molecule has 0 aliphatic carbocycles. The number of carbonyl (C=O) groups is 1. The lowest BCUT2D eigenvalue weighted by molar-refractivity contribution is -0.126. The first kappa shape index (κ1) is 13.8. The van der Waals surface area contributed by atoms with E-state index in [0.717, 1.165) is 24.5 Å². The Morgan fingerprint density at radius 1 is 1.33 bits per heavy atom. The third kappa shape index (κ3) is 3.28. The van der Waals surface area contributed by atoms with Gasteiger partial charge < -0.3 is 10.6 Å². The van der Waals surface area contributed by atoms with E-state index in [9.17, 15) is 9.18 Å². The summed E-state index contributed by atoms with van der Waals surface area (Å²) in [7, 11) is 0. The number of carbonyl (C=O) groups excluding carboxylic acids is 1. The molecule has 2 heterocycles. The molecule has 1 aromatic carbocycles. The first-order chi connectivity index (χ1) is 10.2. The van der Waals surface area contributed by atoms with Crippen LogP contribution >= 0.6 is 0 Å². The van der Waals surface area contributed by atoms with Crippen molar-refractivity contribution in [3.63, 3.8) is 0 Å². The summed E-state index contributed by atoms with van der Waals surface area (Å²) in [5, 5.41) is 10.4. The van der Waals surface area contributed by atoms with Crippen molar-refractivity contribution in [3.8, 4) is 5.69 Å². The quantitative estimate of drug-likeness (QED) is 0.859. The monoisotopic (exact) mass is 288 g/mol. The van der Waals surface area contributed by atoms with Gasteiger partial charge in [0.05, 0.1) is 17.3 Å². The van der Waals surface area contributed by atoms with Crippen LogP contribution in [0.4, 0.5) is 4.39 Å². The molecule has 2 aromatic rings. The van der Waals surface area contributed by atoms with E-state index >= 15 is 0 Å². The molecule has 0 radical (unpaired) electrons. The number of benzene rings is 1. The molecule has 110 valence electrons. The highest BCUT2D eigenvalue weighted by Crippen LogP contribution is 2.09. The SMILES string of the molecule is O=C(NCCc1ccn(-c2ccc(F)cc2)n1)C1CNC1. The van der Waals surface area contributed by atoms with Gasteiger partial charge in [0, 0.05) is 32.3 Å². The Hall–Kier alpha value is -2.21. The van der Waals surface area contributed by atoms with Gasteiger partial charge in [0.1, 0.15) is 5.82 Å². The van der Waals surface area contributed by atoms with Crippen molar-refractivity contribution in [2.75, 3.05) is 19.6 Å². The van der Waals surface area contributed by atoms with Gasteiger partial charge in [0.25, 0.3) is 0 Å². The minimum Gasteiger partial charge on any atom is -0.355 e. The average molecular weight is 288 g/mol. The summed E-state index contributed by atoms with van der Waals surface area (Å²) >= 11 is 0. The smallest absolute Gasteiger partial charge is 0.225 e. The van der Waals surface area contributed by atoms with Crippen molar-refractivity contribution < 1.29 is 9.18 Å². The second-order valence-corrected chi connectivity index (χ2v) is 5.12. The van der Waals surface area contributed by atoms with Crippen LogP contribution < -0.4 is 10.6 Å². The normalized spacial score (nSPS) is 14.7. The van der Waals surface area contributed by atoms with Crippen LogP contribution in [0, 0.1) is 11.7 Å². The number of nitrogens with one attached hydrogen (secondary N) is 2. The maximum absolute atomic E-state index is 12.9. The predicted octanol–water partition coefficient (Wildman–Crippen LogP) is 0.889. The molecule has 21 heavy (non-hydrogen) atoms. The van der Waals surface area contributed by atoms with Crippen LogP contribution in [0.15, 0.2) is 36.5 Å². The summed E-state index contributed by atoms with van der Waals surface area (Å²) in [6.07, 6.45) is 2.51. The van der Waals surface area contributed by atoms with Crippen molar-refractivity contribution in [1.82, 2.24) is 20.4 Å². The van der Waals surface area contributed by atoms with E-state index in [1.165, 1.54) is 12.1 Å². The molecule has 0 saturated carbocycles. The van der Waals surface area contributed by atoms with E-state index < -0.39 is 0 Å². The highest BCUT2D eigenvalue weighted by atomic mass is 19.1. The molecule has 0 spiro atoms. The molecule has 1 aliphatic rings. The van der Waals surface area contributed by atoms with E-state index in [-0.39, 0.29) is 17.6 Å². The minimum atomic E-state index is -0.265. The second kappa shape index (κ2) is 6.05. The molecular weight excluding hydrogens is 271 g/mol. The first-order valence-electron chi connectivity index (χ1n) is 7.01. The van der Waals surface area contributed by atoms with Gasteiger partial charge in [-0.1, -0.05) is 0 Å². The van der Waals surface area contributed by atoms with Crippen LogP contribution in [0.3, 0.4) is 0 Å². The summed E-state index contributed by atoms with van der Waals surface area (Å²) in [5.41, 5.74) is 1.71. The third-order valence-electron chi connectivity index (χ3n) is 3.57. The topological polar surface area (TPSA) is 59.0 Å². The number of hydrogen-bond donors (Lipinski definition) is 2. The van der Waals surface area contributed by atoms with Gasteiger partial charge in [-0.3, -0.25) is 4.79 Å². The van der Waals surface area contributed by atoms with Crippen molar-refractivity contribution in [3.05, 3.63) is 48.0 Å². The molecule has 5 nitrogen and oxygen atoms in total. The van der Waals surface area contributed by atoms with Crippen LogP contribution in [0.5, 0.6) is 0 Å². The molecular formula is C15H17FN4O. The van der Waals surface area contributed by atoms with Crippen LogP contribution in [-0.4, -0.2) is 35.3 Å². The molecule has 1 saturated heterocycles. The van der Waals surface area contributed by atoms with Gasteiger partial charge in [0.15, 0.2) is 0 Å². The zero-order chi connectivity index (χ0) is 14.7. The zero-order valence-electron chi connectivity index (χ0n) is 11.6. The lowest BCUT2D eigenvalue weighted by Crippen LogP contribution is -2.51. The zero-order valence-corrected chi connectivity index (χ0v) is 11.6. The molecule has 1 fully saturated rings. The van der Waals surface area contributed by atoms with Crippen molar-refractivity contribution in [1.29, 1.82) is 0 Å². The fraction of sp³-hybridized carbons (Fsp3) is 0.333. The summed E-state index contributed by atoms with van der Waals surface area (Å²) in [6.45, 7) is 2.12. The van der Waals surface area contributed by atoms with Crippen molar-refractivity contribution in [2.45, 2.75) is 6.42 Å². The molecule has 1 aliphatic heterocycles. The van der Waals surface area contributed by atoms with Gasteiger partial charge in [0.2, 0.25) is 5.91 Å². The van der Waals surface area contributed by atoms with Gasteiger partial charge in [-0.15, -0.1) is 0 Å².